The molecule has 0 aliphatic carbocycles. The standard InChI is InChI=1S/C11H14N2O4S/c1-6(12-7(2)14)10(15)13-8-4-5-18-9(8)11(16)17-3/h4-6H,1-3H3,(H,12,14)(H,13,15). The van der Waals surface area contributed by atoms with Gasteiger partial charge in [0.25, 0.3) is 0 Å². The van der Waals surface area contributed by atoms with Gasteiger partial charge in [-0.3, -0.25) is 9.59 Å². The van der Waals surface area contributed by atoms with Crippen LogP contribution in [0.4, 0.5) is 5.69 Å². The summed E-state index contributed by atoms with van der Waals surface area (Å²) in [5, 5.41) is 6.69. The summed E-state index contributed by atoms with van der Waals surface area (Å²) < 4.78 is 4.59. The first kappa shape index (κ1) is 14.2. The van der Waals surface area contributed by atoms with E-state index >= 15 is 0 Å². The Hall–Kier alpha value is -1.89. The van der Waals surface area contributed by atoms with E-state index in [1.54, 1.807) is 18.4 Å². The molecule has 0 aromatic carbocycles. The number of rotatable bonds is 4. The van der Waals surface area contributed by atoms with Crippen molar-refractivity contribution in [3.8, 4) is 0 Å². The molecule has 0 saturated heterocycles. The van der Waals surface area contributed by atoms with Crippen molar-refractivity contribution < 1.29 is 19.1 Å². The van der Waals surface area contributed by atoms with Crippen LogP contribution in [0.15, 0.2) is 11.4 Å². The molecule has 0 saturated carbocycles. The first-order valence-corrected chi connectivity index (χ1v) is 6.07. The largest absolute Gasteiger partial charge is 0.465 e. The minimum Gasteiger partial charge on any atom is -0.465 e. The maximum absolute atomic E-state index is 11.7. The highest BCUT2D eigenvalue weighted by Gasteiger charge is 2.19. The van der Waals surface area contributed by atoms with Crippen LogP contribution in [0.1, 0.15) is 23.5 Å². The predicted molar refractivity (Wildman–Crippen MR) is 67.6 cm³/mol. The zero-order valence-corrected chi connectivity index (χ0v) is 11.1. The van der Waals surface area contributed by atoms with Crippen molar-refractivity contribution in [2.24, 2.45) is 0 Å². The van der Waals surface area contributed by atoms with E-state index in [-0.39, 0.29) is 5.91 Å². The fourth-order valence-corrected chi connectivity index (χ4v) is 2.04. The number of amides is 2. The molecule has 7 heteroatoms. The SMILES string of the molecule is COC(=O)c1sccc1NC(=O)C(C)NC(C)=O. The molecule has 0 radical (unpaired) electrons. The Morgan fingerprint density at radius 3 is 2.61 bits per heavy atom. The fourth-order valence-electron chi connectivity index (χ4n) is 1.27. The average Bonchev–Trinajstić information content (AvgIpc) is 2.75. The van der Waals surface area contributed by atoms with Crippen molar-refractivity contribution >= 4 is 34.8 Å². The lowest BCUT2D eigenvalue weighted by molar-refractivity contribution is -0.124. The summed E-state index contributed by atoms with van der Waals surface area (Å²) in [6.45, 7) is 2.88. The van der Waals surface area contributed by atoms with E-state index in [0.29, 0.717) is 10.6 Å². The molecule has 1 aromatic heterocycles. The van der Waals surface area contributed by atoms with Gasteiger partial charge in [0.15, 0.2) is 0 Å². The molecule has 0 aliphatic heterocycles. The third-order valence-corrected chi connectivity index (χ3v) is 3.00. The minimum atomic E-state index is -0.673. The van der Waals surface area contributed by atoms with Gasteiger partial charge in [0.05, 0.1) is 12.8 Å². The lowest BCUT2D eigenvalue weighted by Crippen LogP contribution is -2.40. The number of esters is 1. The Labute approximate surface area is 108 Å². The van der Waals surface area contributed by atoms with E-state index in [0.717, 1.165) is 0 Å². The summed E-state index contributed by atoms with van der Waals surface area (Å²) in [5.74, 6) is -1.20. The molecule has 0 spiro atoms. The van der Waals surface area contributed by atoms with Crippen LogP contribution in [0.3, 0.4) is 0 Å². The van der Waals surface area contributed by atoms with Crippen molar-refractivity contribution in [1.82, 2.24) is 5.32 Å². The van der Waals surface area contributed by atoms with Gasteiger partial charge in [-0.2, -0.15) is 0 Å². The van der Waals surface area contributed by atoms with Gasteiger partial charge in [-0.1, -0.05) is 0 Å². The van der Waals surface area contributed by atoms with Crippen molar-refractivity contribution in [2.75, 3.05) is 12.4 Å². The topological polar surface area (TPSA) is 84.5 Å². The number of thiophene rings is 1. The number of carbonyl (C=O) groups is 3. The normalized spacial score (nSPS) is 11.5. The van der Waals surface area contributed by atoms with E-state index in [9.17, 15) is 14.4 Å². The molecule has 2 amide bonds. The van der Waals surface area contributed by atoms with Gasteiger partial charge in [0, 0.05) is 6.92 Å². The predicted octanol–water partition coefficient (Wildman–Crippen LogP) is 0.998. The monoisotopic (exact) mass is 270 g/mol. The Bertz CT molecular complexity index is 469. The van der Waals surface area contributed by atoms with Crippen LogP contribution in [0.2, 0.25) is 0 Å². The van der Waals surface area contributed by atoms with Crippen LogP contribution in [-0.2, 0) is 14.3 Å². The first-order chi connectivity index (χ1) is 8.45. The van der Waals surface area contributed by atoms with Crippen LogP contribution in [-0.4, -0.2) is 30.9 Å². The quantitative estimate of drug-likeness (QED) is 0.799. The van der Waals surface area contributed by atoms with Gasteiger partial charge in [0.2, 0.25) is 11.8 Å². The third-order valence-electron chi connectivity index (χ3n) is 2.11. The second-order valence-corrected chi connectivity index (χ2v) is 4.48. The highest BCUT2D eigenvalue weighted by molar-refractivity contribution is 7.12. The number of hydrogen-bond donors (Lipinski definition) is 2. The second-order valence-electron chi connectivity index (χ2n) is 3.57. The van der Waals surface area contributed by atoms with E-state index < -0.39 is 17.9 Å². The Morgan fingerprint density at radius 1 is 1.39 bits per heavy atom. The Kier molecular flexibility index (Phi) is 4.85. The summed E-state index contributed by atoms with van der Waals surface area (Å²) in [4.78, 5) is 34.3. The van der Waals surface area contributed by atoms with Crippen LogP contribution in [0.25, 0.3) is 0 Å². The number of anilines is 1. The van der Waals surface area contributed by atoms with Crippen molar-refractivity contribution in [1.29, 1.82) is 0 Å². The average molecular weight is 270 g/mol. The number of hydrogen-bond acceptors (Lipinski definition) is 5. The number of carbonyl (C=O) groups excluding carboxylic acids is 3. The van der Waals surface area contributed by atoms with Crippen molar-refractivity contribution in [2.45, 2.75) is 19.9 Å². The third kappa shape index (κ3) is 3.56. The Balaban J connectivity index is 2.73. The summed E-state index contributed by atoms with van der Waals surface area (Å²) in [7, 11) is 1.27. The van der Waals surface area contributed by atoms with Crippen molar-refractivity contribution in [3.63, 3.8) is 0 Å². The van der Waals surface area contributed by atoms with E-state index in [1.165, 1.54) is 25.4 Å². The van der Waals surface area contributed by atoms with Gasteiger partial charge in [-0.05, 0) is 18.4 Å². The van der Waals surface area contributed by atoms with Gasteiger partial charge in [-0.25, -0.2) is 4.79 Å². The van der Waals surface area contributed by atoms with Crippen LogP contribution in [0, 0.1) is 0 Å². The van der Waals surface area contributed by atoms with Gasteiger partial charge in [0.1, 0.15) is 10.9 Å². The maximum Gasteiger partial charge on any atom is 0.350 e. The van der Waals surface area contributed by atoms with Crippen LogP contribution >= 0.6 is 11.3 Å². The van der Waals surface area contributed by atoms with Crippen molar-refractivity contribution in [3.05, 3.63) is 16.3 Å². The molecule has 6 nitrogen and oxygen atoms in total. The fraction of sp³-hybridized carbons (Fsp3) is 0.364. The summed E-state index contributed by atoms with van der Waals surface area (Å²) >= 11 is 1.17. The van der Waals surface area contributed by atoms with E-state index in [2.05, 4.69) is 15.4 Å². The number of methoxy groups -OCH3 is 1. The summed E-state index contributed by atoms with van der Waals surface area (Å²) in [6, 6.07) is 0.933. The minimum absolute atomic E-state index is 0.295. The zero-order chi connectivity index (χ0) is 13.7. The molecule has 98 valence electrons. The van der Waals surface area contributed by atoms with Gasteiger partial charge >= 0.3 is 5.97 Å². The highest BCUT2D eigenvalue weighted by Crippen LogP contribution is 2.23. The maximum atomic E-state index is 11.7. The molecular formula is C11H14N2O4S. The van der Waals surface area contributed by atoms with Gasteiger partial charge in [-0.15, -0.1) is 11.3 Å². The second kappa shape index (κ2) is 6.15. The van der Waals surface area contributed by atoms with Crippen LogP contribution in [0.5, 0.6) is 0 Å². The molecule has 0 bridgehead atoms. The summed E-state index contributed by atoms with van der Waals surface area (Å²) in [6.07, 6.45) is 0. The molecule has 18 heavy (non-hydrogen) atoms. The van der Waals surface area contributed by atoms with Crippen LogP contribution < -0.4 is 10.6 Å². The zero-order valence-electron chi connectivity index (χ0n) is 10.3. The lowest BCUT2D eigenvalue weighted by atomic mass is 10.3. The molecule has 1 aromatic rings. The lowest BCUT2D eigenvalue weighted by Gasteiger charge is -2.12. The molecule has 1 rings (SSSR count). The molecular weight excluding hydrogens is 256 g/mol. The molecule has 0 fully saturated rings. The van der Waals surface area contributed by atoms with Gasteiger partial charge < -0.3 is 15.4 Å². The molecule has 1 unspecified atom stereocenters. The van der Waals surface area contributed by atoms with E-state index in [1.807, 2.05) is 0 Å². The highest BCUT2D eigenvalue weighted by atomic mass is 32.1. The molecule has 0 aliphatic rings. The molecule has 1 heterocycles. The summed E-state index contributed by atoms with van der Waals surface area (Å²) in [5.41, 5.74) is 0.383. The first-order valence-electron chi connectivity index (χ1n) is 5.19. The number of nitrogens with one attached hydrogen (secondary N) is 2. The molecule has 2 N–H and O–H groups in total. The van der Waals surface area contributed by atoms with E-state index in [4.69, 9.17) is 0 Å². The number of ether oxygens (including phenoxy) is 1. The Morgan fingerprint density at radius 2 is 2.06 bits per heavy atom. The smallest absolute Gasteiger partial charge is 0.350 e. The molecule has 1 atom stereocenters.